The third kappa shape index (κ3) is 6.52. The lowest BCUT2D eigenvalue weighted by atomic mass is 10.00. The van der Waals surface area contributed by atoms with Crippen molar-refractivity contribution in [3.63, 3.8) is 0 Å². The Morgan fingerprint density at radius 3 is 2.00 bits per heavy atom. The fourth-order valence-corrected chi connectivity index (χ4v) is 3.36. The Bertz CT molecular complexity index is 1170. The third-order valence-corrected chi connectivity index (χ3v) is 5.36. The monoisotopic (exact) mass is 459 g/mol. The number of anilines is 1. The lowest BCUT2D eigenvalue weighted by Crippen LogP contribution is -2.25. The van der Waals surface area contributed by atoms with Gasteiger partial charge >= 0.3 is 0 Å². The van der Waals surface area contributed by atoms with Gasteiger partial charge in [0, 0.05) is 28.9 Å². The van der Waals surface area contributed by atoms with Crippen LogP contribution >= 0.6 is 0 Å². The average molecular weight is 460 g/mol. The van der Waals surface area contributed by atoms with Crippen LogP contribution in [0.3, 0.4) is 0 Å². The molecule has 0 aliphatic carbocycles. The highest BCUT2D eigenvalue weighted by molar-refractivity contribution is 6.06. The van der Waals surface area contributed by atoms with Gasteiger partial charge in [0.2, 0.25) is 0 Å². The molecule has 0 saturated heterocycles. The van der Waals surface area contributed by atoms with Crippen LogP contribution in [0.15, 0.2) is 66.7 Å². The predicted molar refractivity (Wildman–Crippen MR) is 132 cm³/mol. The van der Waals surface area contributed by atoms with E-state index in [4.69, 9.17) is 5.21 Å². The Kier molecular flexibility index (Phi) is 8.16. The molecule has 0 spiro atoms. The second-order valence-electron chi connectivity index (χ2n) is 8.58. The van der Waals surface area contributed by atoms with Gasteiger partial charge in [-0.15, -0.1) is 0 Å². The maximum atomic E-state index is 12.8. The molecule has 0 radical (unpaired) electrons. The Morgan fingerprint density at radius 1 is 0.765 bits per heavy atom. The van der Waals surface area contributed by atoms with Crippen LogP contribution in [0.5, 0.6) is 0 Å². The number of hydrogen-bond donors (Lipinski definition) is 4. The fourth-order valence-electron chi connectivity index (χ4n) is 3.36. The van der Waals surface area contributed by atoms with Gasteiger partial charge in [-0.3, -0.25) is 19.6 Å². The van der Waals surface area contributed by atoms with Crippen LogP contribution in [0.1, 0.15) is 56.9 Å². The van der Waals surface area contributed by atoms with Gasteiger partial charge in [0.25, 0.3) is 17.7 Å². The first-order chi connectivity index (χ1) is 16.3. The van der Waals surface area contributed by atoms with Gasteiger partial charge in [0.1, 0.15) is 0 Å². The zero-order chi connectivity index (χ0) is 24.7. The molecular weight excluding hydrogens is 430 g/mol. The number of carbonyl (C=O) groups excluding carboxylic acids is 3. The van der Waals surface area contributed by atoms with E-state index in [0.717, 1.165) is 17.5 Å². The van der Waals surface area contributed by atoms with Crippen LogP contribution in [-0.4, -0.2) is 29.5 Å². The largest absolute Gasteiger partial charge is 0.352 e. The molecule has 0 bridgehead atoms. The SMILES string of the molecule is Cc1ccc(C(=O)Nc2cc(C(=O)NCCC(C)C)cc(-c3ccc(C(=O)NO)cc3)c2)cc1. The van der Waals surface area contributed by atoms with Crippen LogP contribution in [0, 0.1) is 12.8 Å². The first-order valence-corrected chi connectivity index (χ1v) is 11.1. The lowest BCUT2D eigenvalue weighted by Gasteiger charge is -2.13. The van der Waals surface area contributed by atoms with Gasteiger partial charge in [-0.25, -0.2) is 5.48 Å². The second-order valence-corrected chi connectivity index (χ2v) is 8.58. The Labute approximate surface area is 199 Å². The quantitative estimate of drug-likeness (QED) is 0.286. The number of hydroxylamine groups is 1. The molecule has 7 nitrogen and oxygen atoms in total. The molecule has 176 valence electrons. The third-order valence-electron chi connectivity index (χ3n) is 5.36. The summed E-state index contributed by atoms with van der Waals surface area (Å²) in [6, 6.07) is 19.0. The summed E-state index contributed by atoms with van der Waals surface area (Å²) in [6.45, 7) is 6.68. The molecule has 3 aromatic rings. The van der Waals surface area contributed by atoms with Gasteiger partial charge in [0.05, 0.1) is 0 Å². The van der Waals surface area contributed by atoms with Crippen LogP contribution in [-0.2, 0) is 0 Å². The van der Waals surface area contributed by atoms with E-state index < -0.39 is 5.91 Å². The summed E-state index contributed by atoms with van der Waals surface area (Å²) in [5.74, 6) is -0.663. The van der Waals surface area contributed by atoms with Gasteiger partial charge in [-0.05, 0) is 72.9 Å². The molecule has 0 atom stereocenters. The summed E-state index contributed by atoms with van der Waals surface area (Å²) in [5.41, 5.74) is 5.80. The highest BCUT2D eigenvalue weighted by atomic mass is 16.5. The number of hydrogen-bond acceptors (Lipinski definition) is 4. The van der Waals surface area contributed by atoms with Crippen LogP contribution in [0.25, 0.3) is 11.1 Å². The van der Waals surface area contributed by atoms with Crippen molar-refractivity contribution in [3.8, 4) is 11.1 Å². The van der Waals surface area contributed by atoms with Crippen molar-refractivity contribution in [1.29, 1.82) is 0 Å². The first-order valence-electron chi connectivity index (χ1n) is 11.1. The molecule has 0 saturated carbocycles. The zero-order valence-corrected chi connectivity index (χ0v) is 19.5. The normalized spacial score (nSPS) is 10.6. The summed E-state index contributed by atoms with van der Waals surface area (Å²) in [6.07, 6.45) is 0.858. The molecular formula is C27H29N3O4. The van der Waals surface area contributed by atoms with Crippen molar-refractivity contribution in [1.82, 2.24) is 10.8 Å². The Balaban J connectivity index is 1.92. The molecule has 34 heavy (non-hydrogen) atoms. The van der Waals surface area contributed by atoms with E-state index in [1.807, 2.05) is 19.1 Å². The van der Waals surface area contributed by atoms with Crippen molar-refractivity contribution in [2.45, 2.75) is 27.2 Å². The van der Waals surface area contributed by atoms with Crippen molar-refractivity contribution in [3.05, 3.63) is 89.0 Å². The van der Waals surface area contributed by atoms with Gasteiger partial charge in [0.15, 0.2) is 0 Å². The highest BCUT2D eigenvalue weighted by Crippen LogP contribution is 2.26. The van der Waals surface area contributed by atoms with E-state index in [9.17, 15) is 14.4 Å². The standard InChI is InChI=1S/C27H29N3O4/c1-17(2)12-13-28-25(31)23-14-22(19-8-10-21(11-9-19)27(33)30-34)15-24(16-23)29-26(32)20-6-4-18(3)5-7-20/h4-11,14-17,34H,12-13H2,1-3H3,(H,28,31)(H,29,32)(H,30,33). The minimum Gasteiger partial charge on any atom is -0.352 e. The van der Waals surface area contributed by atoms with Crippen molar-refractivity contribution >= 4 is 23.4 Å². The van der Waals surface area contributed by atoms with E-state index in [1.165, 1.54) is 0 Å². The van der Waals surface area contributed by atoms with E-state index >= 15 is 0 Å². The molecule has 7 heteroatoms. The number of carbonyl (C=O) groups is 3. The molecule has 0 aliphatic heterocycles. The predicted octanol–water partition coefficient (Wildman–Crippen LogP) is 4.81. The van der Waals surface area contributed by atoms with Gasteiger partial charge in [-0.2, -0.15) is 0 Å². The van der Waals surface area contributed by atoms with E-state index in [0.29, 0.717) is 40.4 Å². The number of amides is 3. The van der Waals surface area contributed by atoms with Crippen molar-refractivity contribution in [2.24, 2.45) is 5.92 Å². The summed E-state index contributed by atoms with van der Waals surface area (Å²) in [5, 5.41) is 14.6. The molecule has 0 heterocycles. The Hall–Kier alpha value is -3.97. The highest BCUT2D eigenvalue weighted by Gasteiger charge is 2.13. The molecule has 3 aromatic carbocycles. The smallest absolute Gasteiger partial charge is 0.274 e. The molecule has 3 amide bonds. The maximum Gasteiger partial charge on any atom is 0.274 e. The summed E-state index contributed by atoms with van der Waals surface area (Å²) in [4.78, 5) is 37.2. The molecule has 0 unspecified atom stereocenters. The first kappa shape index (κ1) is 24.7. The topological polar surface area (TPSA) is 108 Å². The number of nitrogens with one attached hydrogen (secondary N) is 3. The van der Waals surface area contributed by atoms with E-state index in [2.05, 4.69) is 24.5 Å². The minimum absolute atomic E-state index is 0.232. The minimum atomic E-state index is -0.615. The van der Waals surface area contributed by atoms with Crippen molar-refractivity contribution < 1.29 is 19.6 Å². The maximum absolute atomic E-state index is 12.8. The van der Waals surface area contributed by atoms with Crippen LogP contribution in [0.4, 0.5) is 5.69 Å². The molecule has 0 aromatic heterocycles. The van der Waals surface area contributed by atoms with Crippen LogP contribution in [0.2, 0.25) is 0 Å². The van der Waals surface area contributed by atoms with Crippen molar-refractivity contribution in [2.75, 3.05) is 11.9 Å². The lowest BCUT2D eigenvalue weighted by molar-refractivity contribution is 0.0706. The number of benzene rings is 3. The second kappa shape index (κ2) is 11.2. The number of aryl methyl sites for hydroxylation is 1. The van der Waals surface area contributed by atoms with E-state index in [1.54, 1.807) is 60.1 Å². The van der Waals surface area contributed by atoms with E-state index in [-0.39, 0.29) is 11.8 Å². The molecule has 0 aliphatic rings. The van der Waals surface area contributed by atoms with Gasteiger partial charge < -0.3 is 10.6 Å². The molecule has 0 fully saturated rings. The molecule has 4 N–H and O–H groups in total. The van der Waals surface area contributed by atoms with Gasteiger partial charge in [-0.1, -0.05) is 43.7 Å². The average Bonchev–Trinajstić information content (AvgIpc) is 2.83. The number of rotatable bonds is 8. The summed E-state index contributed by atoms with van der Waals surface area (Å²) >= 11 is 0. The summed E-state index contributed by atoms with van der Waals surface area (Å²) in [7, 11) is 0. The summed E-state index contributed by atoms with van der Waals surface area (Å²) < 4.78 is 0. The fraction of sp³-hybridized carbons (Fsp3) is 0.222. The molecule has 3 rings (SSSR count). The Morgan fingerprint density at radius 2 is 1.38 bits per heavy atom. The van der Waals surface area contributed by atoms with Crippen LogP contribution < -0.4 is 16.1 Å². The zero-order valence-electron chi connectivity index (χ0n) is 19.5.